The summed E-state index contributed by atoms with van der Waals surface area (Å²) >= 11 is 0. The van der Waals surface area contributed by atoms with Crippen LogP contribution in [-0.2, 0) is 0 Å². The number of unbranched alkanes of at least 4 members (excludes halogenated alkanes) is 1. The summed E-state index contributed by atoms with van der Waals surface area (Å²) in [6.07, 6.45) is 8.04. The quantitative estimate of drug-likeness (QED) is 0.788. The highest BCUT2D eigenvalue weighted by molar-refractivity contribution is 5.93. The lowest BCUT2D eigenvalue weighted by Gasteiger charge is -2.15. The first-order valence-electron chi connectivity index (χ1n) is 6.46. The van der Waals surface area contributed by atoms with E-state index in [1.807, 2.05) is 0 Å². The van der Waals surface area contributed by atoms with Crippen molar-refractivity contribution in [1.82, 2.24) is 10.3 Å². The first kappa shape index (κ1) is 13.7. The van der Waals surface area contributed by atoms with E-state index in [-0.39, 0.29) is 5.91 Å². The van der Waals surface area contributed by atoms with Crippen molar-refractivity contribution in [1.29, 1.82) is 0 Å². The molecule has 0 radical (unpaired) electrons. The molecule has 0 aliphatic rings. The fourth-order valence-electron chi connectivity index (χ4n) is 1.78. The summed E-state index contributed by atoms with van der Waals surface area (Å²) in [5, 5.41) is 2.98. The van der Waals surface area contributed by atoms with E-state index < -0.39 is 0 Å². The molecule has 17 heavy (non-hydrogen) atoms. The van der Waals surface area contributed by atoms with E-state index in [4.69, 9.17) is 0 Å². The third-order valence-electron chi connectivity index (χ3n) is 3.02. The van der Waals surface area contributed by atoms with Gasteiger partial charge in [-0.15, -0.1) is 0 Å². The van der Waals surface area contributed by atoms with Gasteiger partial charge in [-0.2, -0.15) is 0 Å². The lowest BCUT2D eigenvalue weighted by molar-refractivity contribution is 0.0945. The standard InChI is InChI=1S/C14H22N2O/c1-3-5-7-12(4-2)10-16-14(17)13-8-6-9-15-11-13/h6,8-9,11-12H,3-5,7,10H2,1-2H3,(H,16,17)/t12-/m0/s1. The Labute approximate surface area is 104 Å². The number of amides is 1. The first-order chi connectivity index (χ1) is 8.27. The maximum absolute atomic E-state index is 11.8. The van der Waals surface area contributed by atoms with Gasteiger partial charge in [-0.1, -0.05) is 33.1 Å². The molecule has 1 heterocycles. The highest BCUT2D eigenvalue weighted by atomic mass is 16.1. The van der Waals surface area contributed by atoms with E-state index >= 15 is 0 Å². The van der Waals surface area contributed by atoms with Crippen molar-refractivity contribution in [2.45, 2.75) is 39.5 Å². The molecule has 1 aromatic heterocycles. The van der Waals surface area contributed by atoms with Crippen LogP contribution in [0.5, 0.6) is 0 Å². The van der Waals surface area contributed by atoms with E-state index in [2.05, 4.69) is 24.1 Å². The van der Waals surface area contributed by atoms with E-state index in [9.17, 15) is 4.79 Å². The van der Waals surface area contributed by atoms with Crippen molar-refractivity contribution in [2.24, 2.45) is 5.92 Å². The van der Waals surface area contributed by atoms with Crippen LogP contribution in [0.2, 0.25) is 0 Å². The normalized spacial score (nSPS) is 12.1. The zero-order chi connectivity index (χ0) is 12.5. The van der Waals surface area contributed by atoms with Crippen molar-refractivity contribution in [3.05, 3.63) is 30.1 Å². The van der Waals surface area contributed by atoms with Crippen LogP contribution in [0.1, 0.15) is 49.9 Å². The van der Waals surface area contributed by atoms with Crippen LogP contribution < -0.4 is 5.32 Å². The summed E-state index contributed by atoms with van der Waals surface area (Å²) in [5.74, 6) is 0.573. The molecule has 0 fully saturated rings. The molecule has 0 aliphatic heterocycles. The molecule has 0 aliphatic carbocycles. The molecule has 0 spiro atoms. The summed E-state index contributed by atoms with van der Waals surface area (Å²) in [4.78, 5) is 15.7. The van der Waals surface area contributed by atoms with Crippen LogP contribution in [0.15, 0.2) is 24.5 Å². The lowest BCUT2D eigenvalue weighted by Crippen LogP contribution is -2.29. The molecule has 0 saturated heterocycles. The van der Waals surface area contributed by atoms with Crippen molar-refractivity contribution >= 4 is 5.91 Å². The number of rotatable bonds is 7. The van der Waals surface area contributed by atoms with Gasteiger partial charge in [0.1, 0.15) is 0 Å². The van der Waals surface area contributed by atoms with E-state index in [0.717, 1.165) is 13.0 Å². The molecule has 3 heteroatoms. The van der Waals surface area contributed by atoms with Gasteiger partial charge in [-0.25, -0.2) is 0 Å². The number of carbonyl (C=O) groups is 1. The highest BCUT2D eigenvalue weighted by Crippen LogP contribution is 2.11. The van der Waals surface area contributed by atoms with Crippen LogP contribution in [-0.4, -0.2) is 17.4 Å². The van der Waals surface area contributed by atoms with Crippen molar-refractivity contribution in [3.8, 4) is 0 Å². The average Bonchev–Trinajstić information content (AvgIpc) is 2.39. The highest BCUT2D eigenvalue weighted by Gasteiger charge is 2.09. The monoisotopic (exact) mass is 234 g/mol. The predicted octanol–water partition coefficient (Wildman–Crippen LogP) is 3.03. The van der Waals surface area contributed by atoms with Crippen LogP contribution in [0.3, 0.4) is 0 Å². The van der Waals surface area contributed by atoms with Crippen LogP contribution in [0, 0.1) is 5.92 Å². The zero-order valence-corrected chi connectivity index (χ0v) is 10.8. The van der Waals surface area contributed by atoms with Gasteiger partial charge >= 0.3 is 0 Å². The molecule has 0 bridgehead atoms. The Balaban J connectivity index is 2.36. The van der Waals surface area contributed by atoms with Crippen LogP contribution >= 0.6 is 0 Å². The minimum Gasteiger partial charge on any atom is -0.352 e. The number of carbonyl (C=O) groups excluding carboxylic acids is 1. The number of aromatic nitrogens is 1. The van der Waals surface area contributed by atoms with Crippen LogP contribution in [0.4, 0.5) is 0 Å². The molecular formula is C14H22N2O. The summed E-state index contributed by atoms with van der Waals surface area (Å²) < 4.78 is 0. The fourth-order valence-corrected chi connectivity index (χ4v) is 1.78. The topological polar surface area (TPSA) is 42.0 Å². The Morgan fingerprint density at radius 3 is 2.88 bits per heavy atom. The number of nitrogens with zero attached hydrogens (tertiary/aromatic N) is 1. The molecule has 0 aromatic carbocycles. The third-order valence-corrected chi connectivity index (χ3v) is 3.02. The minimum absolute atomic E-state index is 0.0203. The largest absolute Gasteiger partial charge is 0.352 e. The molecule has 0 saturated carbocycles. The molecule has 1 N–H and O–H groups in total. The maximum atomic E-state index is 11.8. The van der Waals surface area contributed by atoms with Gasteiger partial charge in [0.05, 0.1) is 5.56 Å². The zero-order valence-electron chi connectivity index (χ0n) is 10.8. The Morgan fingerprint density at radius 1 is 1.47 bits per heavy atom. The van der Waals surface area contributed by atoms with Crippen LogP contribution in [0.25, 0.3) is 0 Å². The average molecular weight is 234 g/mol. The third kappa shape index (κ3) is 4.98. The van der Waals surface area contributed by atoms with E-state index in [0.29, 0.717) is 11.5 Å². The van der Waals surface area contributed by atoms with Gasteiger partial charge in [-0.3, -0.25) is 9.78 Å². The van der Waals surface area contributed by atoms with Gasteiger partial charge in [0.15, 0.2) is 0 Å². The SMILES string of the molecule is CCCC[C@H](CC)CNC(=O)c1cccnc1. The molecule has 1 amide bonds. The molecule has 3 nitrogen and oxygen atoms in total. The Kier molecular flexibility index (Phi) is 6.30. The molecule has 94 valence electrons. The van der Waals surface area contributed by atoms with Gasteiger partial charge in [-0.05, 0) is 24.5 Å². The second-order valence-corrected chi connectivity index (χ2v) is 4.37. The Morgan fingerprint density at radius 2 is 2.29 bits per heavy atom. The van der Waals surface area contributed by atoms with Crippen molar-refractivity contribution in [3.63, 3.8) is 0 Å². The minimum atomic E-state index is -0.0203. The van der Waals surface area contributed by atoms with Gasteiger partial charge < -0.3 is 5.32 Å². The Hall–Kier alpha value is -1.38. The van der Waals surface area contributed by atoms with Gasteiger partial charge in [0.25, 0.3) is 5.91 Å². The summed E-state index contributed by atoms with van der Waals surface area (Å²) in [5.41, 5.74) is 0.637. The van der Waals surface area contributed by atoms with E-state index in [1.54, 1.807) is 24.5 Å². The number of hydrogen-bond acceptors (Lipinski definition) is 2. The van der Waals surface area contributed by atoms with Crippen molar-refractivity contribution in [2.75, 3.05) is 6.54 Å². The van der Waals surface area contributed by atoms with Gasteiger partial charge in [0.2, 0.25) is 0 Å². The molecule has 1 rings (SSSR count). The van der Waals surface area contributed by atoms with E-state index in [1.165, 1.54) is 19.3 Å². The molecule has 0 unspecified atom stereocenters. The Bertz CT molecular complexity index is 324. The maximum Gasteiger partial charge on any atom is 0.252 e. The number of pyridine rings is 1. The number of nitrogens with one attached hydrogen (secondary N) is 1. The molecular weight excluding hydrogens is 212 g/mol. The fraction of sp³-hybridized carbons (Fsp3) is 0.571. The second-order valence-electron chi connectivity index (χ2n) is 4.37. The summed E-state index contributed by atoms with van der Waals surface area (Å²) in [6.45, 7) is 5.14. The smallest absolute Gasteiger partial charge is 0.252 e. The number of hydrogen-bond donors (Lipinski definition) is 1. The summed E-state index contributed by atoms with van der Waals surface area (Å²) in [6, 6.07) is 3.57. The van der Waals surface area contributed by atoms with Crippen molar-refractivity contribution < 1.29 is 4.79 Å². The summed E-state index contributed by atoms with van der Waals surface area (Å²) in [7, 11) is 0. The first-order valence-corrected chi connectivity index (χ1v) is 6.46. The molecule has 1 aromatic rings. The lowest BCUT2D eigenvalue weighted by atomic mass is 9.99. The second kappa shape index (κ2) is 7.82. The predicted molar refractivity (Wildman–Crippen MR) is 69.9 cm³/mol. The molecule has 1 atom stereocenters. The van der Waals surface area contributed by atoms with Gasteiger partial charge in [0, 0.05) is 18.9 Å².